The largest absolute Gasteiger partial charge is 0.490 e. The molecule has 20 rings (SSSR count). The maximum Gasteiger partial charge on any atom is 0.264 e. The number of halogens is 3. The molecule has 0 radical (unpaired) electrons. The van der Waals surface area contributed by atoms with E-state index in [1.54, 1.807) is 25.3 Å². The van der Waals surface area contributed by atoms with E-state index in [0.29, 0.717) is 143 Å². The first-order chi connectivity index (χ1) is 70.4. The van der Waals surface area contributed by atoms with E-state index in [1.807, 2.05) is 82.3 Å². The van der Waals surface area contributed by atoms with Crippen molar-refractivity contribution in [2.75, 3.05) is 173 Å². The molecule has 3 N–H and O–H groups in total. The van der Waals surface area contributed by atoms with Gasteiger partial charge in [-0.2, -0.15) is 0 Å². The molecule has 0 aromatic heterocycles. The van der Waals surface area contributed by atoms with Gasteiger partial charge in [-0.05, 0) is 312 Å². The number of fused-ring (bicyclic) bond motifs is 12. The van der Waals surface area contributed by atoms with Gasteiger partial charge in [0, 0.05) is 134 Å². The van der Waals surface area contributed by atoms with Gasteiger partial charge in [0.2, 0.25) is 30.1 Å². The molecule has 3 amide bonds. The molecule has 3 saturated carbocycles. The van der Waals surface area contributed by atoms with Crippen molar-refractivity contribution >= 4 is 99.7 Å². The highest BCUT2D eigenvalue weighted by Crippen LogP contribution is 2.53. The number of nitrogens with zero attached hydrogens (tertiary/aromatic N) is 5. The lowest BCUT2D eigenvalue weighted by Crippen LogP contribution is -2.50. The van der Waals surface area contributed by atoms with E-state index >= 15 is 0 Å². The van der Waals surface area contributed by atoms with E-state index in [1.165, 1.54) is 33.4 Å². The summed E-state index contributed by atoms with van der Waals surface area (Å²) in [6.45, 7) is 28.5. The topological polar surface area (TPSA) is 289 Å². The quantitative estimate of drug-likeness (QED) is 0.0636. The monoisotopic (exact) mass is 2120 g/mol. The molecule has 6 bridgehead atoms. The fourth-order valence-electron chi connectivity index (χ4n) is 25.6. The van der Waals surface area contributed by atoms with E-state index in [-0.39, 0.29) is 52.3 Å². The Kier molecular flexibility index (Phi) is 35.2. The van der Waals surface area contributed by atoms with Gasteiger partial charge >= 0.3 is 0 Å². The normalized spacial score (nSPS) is 31.9. The molecule has 8 aliphatic heterocycles. The zero-order valence-electron chi connectivity index (χ0n) is 86.1. The molecule has 5 fully saturated rings. The summed E-state index contributed by atoms with van der Waals surface area (Å²) in [6.07, 6.45) is 30.7. The minimum Gasteiger partial charge on any atom is -0.490 e. The second kappa shape index (κ2) is 47.6. The van der Waals surface area contributed by atoms with Crippen LogP contribution in [0.25, 0.3) is 0 Å². The first-order valence-corrected chi connectivity index (χ1v) is 59.8. The third-order valence-electron chi connectivity index (χ3n) is 34.4. The fraction of sp³-hybridized carbons (Fsp3) is 0.605. The molecule has 14 aliphatic rings. The predicted molar refractivity (Wildman–Crippen MR) is 575 cm³/mol. The SMILES string of the molecule is CC[C@@H]1C[C@@H](C)/C=C/[C@H](OCCN2CCOCC2)[C@@H]2CC[C@H]2CN2C[C@@]3(CCCc4cc(Cl)ccc43)COc3ccc(cc32)C(=O)NS1(=O)=O.CC[C@@H]1C[C@H](C)/C=C/[C@H](OCCN2CCOCC2)[C@@H]2CC[C@H]2CN2C[C@@]3(CCCc4cc(Cl)ccc43)COc3ccc(cc32)C(=O)NS1(=O)=O.CC[C@@H]1C[C@H](C)/C=C/[C@H](OCCOC)[C@@H]2CC[C@H]2CN2C[C@@]3(CCCc4cc(Cl)ccc43)COc3ccc(cc32)C(=O)NS1(=O)=O. The number of hydrogen-bond acceptors (Lipinski definition) is 23. The fourth-order valence-corrected chi connectivity index (χ4v) is 30.8. The average molecular weight is 2120 g/mol. The van der Waals surface area contributed by atoms with Crippen LogP contribution in [0.3, 0.4) is 0 Å². The summed E-state index contributed by atoms with van der Waals surface area (Å²) in [6, 6.07) is 34.8. The summed E-state index contributed by atoms with van der Waals surface area (Å²) in [5.41, 5.74) is 10.4. The Morgan fingerprint density at radius 2 is 0.699 bits per heavy atom. The van der Waals surface area contributed by atoms with Crippen molar-refractivity contribution in [1.29, 1.82) is 0 Å². The molecule has 18 atom stereocenters. The van der Waals surface area contributed by atoms with Crippen LogP contribution in [0.2, 0.25) is 15.1 Å². The van der Waals surface area contributed by atoms with Gasteiger partial charge in [-0.3, -0.25) is 24.2 Å². The van der Waals surface area contributed by atoms with Crippen LogP contribution in [0.5, 0.6) is 17.2 Å². The number of morpholine rings is 2. The van der Waals surface area contributed by atoms with Crippen LogP contribution in [0, 0.1) is 53.3 Å². The van der Waals surface area contributed by atoms with Gasteiger partial charge in [0.15, 0.2) is 0 Å². The molecular weight excluding hydrogens is 1970 g/mol. The summed E-state index contributed by atoms with van der Waals surface area (Å²) < 4.78 is 145. The highest BCUT2D eigenvalue weighted by Gasteiger charge is 2.51. The summed E-state index contributed by atoms with van der Waals surface area (Å²) in [5, 5.41) is 0.147. The van der Waals surface area contributed by atoms with Crippen molar-refractivity contribution in [3.8, 4) is 17.2 Å². The maximum atomic E-state index is 13.6. The Balaban J connectivity index is 0.000000144. The van der Waals surface area contributed by atoms with Crippen LogP contribution in [0.15, 0.2) is 146 Å². The highest BCUT2D eigenvalue weighted by atomic mass is 35.5. The van der Waals surface area contributed by atoms with E-state index in [0.717, 1.165) is 245 Å². The molecule has 146 heavy (non-hydrogen) atoms. The van der Waals surface area contributed by atoms with Crippen molar-refractivity contribution in [2.24, 2.45) is 53.3 Å². The first kappa shape index (κ1) is 108. The van der Waals surface area contributed by atoms with Crippen molar-refractivity contribution in [2.45, 2.75) is 227 Å². The number of benzene rings is 6. The summed E-state index contributed by atoms with van der Waals surface area (Å²) in [5.74, 6) is 2.43. The van der Waals surface area contributed by atoms with E-state index < -0.39 is 63.5 Å². The number of carbonyl (C=O) groups is 3. The minimum atomic E-state index is -3.92. The zero-order chi connectivity index (χ0) is 102. The molecule has 3 spiro atoms. The molecule has 6 aromatic carbocycles. The van der Waals surface area contributed by atoms with Crippen molar-refractivity contribution in [3.63, 3.8) is 0 Å². The summed E-state index contributed by atoms with van der Waals surface area (Å²) in [4.78, 5) is 52.8. The maximum absolute atomic E-state index is 13.6. The Labute approximate surface area is 880 Å². The minimum absolute atomic E-state index is 0.00299. The van der Waals surface area contributed by atoms with Crippen LogP contribution in [-0.2, 0) is 94.0 Å². The third kappa shape index (κ3) is 24.9. The lowest BCUT2D eigenvalue weighted by atomic mass is 9.68. The van der Waals surface area contributed by atoms with Crippen molar-refractivity contribution in [1.82, 2.24) is 24.0 Å². The number of carbonyl (C=O) groups excluding carboxylic acids is 3. The first-order valence-electron chi connectivity index (χ1n) is 54.0. The summed E-state index contributed by atoms with van der Waals surface area (Å²) in [7, 11) is -10.1. The van der Waals surface area contributed by atoms with Crippen molar-refractivity contribution < 1.29 is 82.3 Å². The van der Waals surface area contributed by atoms with Gasteiger partial charge in [0.25, 0.3) is 17.7 Å². The van der Waals surface area contributed by atoms with Crippen LogP contribution in [0.4, 0.5) is 17.1 Å². The molecule has 32 heteroatoms. The lowest BCUT2D eigenvalue weighted by Gasteiger charge is -2.46. The zero-order valence-corrected chi connectivity index (χ0v) is 90.8. The van der Waals surface area contributed by atoms with Gasteiger partial charge in [-0.15, -0.1) is 0 Å². The Morgan fingerprint density at radius 1 is 0.390 bits per heavy atom. The Morgan fingerprint density at radius 3 is 0.986 bits per heavy atom. The number of sulfonamides is 3. The molecule has 794 valence electrons. The molecular formula is C114H151Cl3N8O18S3. The number of hydrogen-bond donors (Lipinski definition) is 3. The third-order valence-corrected chi connectivity index (χ3v) is 40.7. The summed E-state index contributed by atoms with van der Waals surface area (Å²) >= 11 is 19.4. The average Bonchev–Trinajstić information content (AvgIpc) is 1.63. The predicted octanol–water partition coefficient (Wildman–Crippen LogP) is 18.3. The molecule has 0 unspecified atom stereocenters. The number of rotatable bonds is 15. The van der Waals surface area contributed by atoms with Gasteiger partial charge in [-0.1, -0.05) is 131 Å². The number of amides is 3. The Bertz CT molecular complexity index is 5820. The Hall–Kier alpha value is -7.85. The van der Waals surface area contributed by atoms with Gasteiger partial charge in [0.1, 0.15) is 17.2 Å². The van der Waals surface area contributed by atoms with Crippen molar-refractivity contribution in [3.05, 3.63) is 211 Å². The lowest BCUT2D eigenvalue weighted by molar-refractivity contribution is -0.0317. The van der Waals surface area contributed by atoms with E-state index in [9.17, 15) is 39.6 Å². The smallest absolute Gasteiger partial charge is 0.264 e. The van der Waals surface area contributed by atoms with E-state index in [4.69, 9.17) is 77.4 Å². The number of nitrogens with one attached hydrogen (secondary N) is 3. The molecule has 6 aliphatic carbocycles. The van der Waals surface area contributed by atoms with Gasteiger partial charge in [0.05, 0.1) is 124 Å². The number of ether oxygens (including phenoxy) is 9. The molecule has 6 aromatic rings. The number of aryl methyl sites for hydroxylation is 3. The van der Waals surface area contributed by atoms with Crippen LogP contribution in [0.1, 0.15) is 222 Å². The number of anilines is 3. The van der Waals surface area contributed by atoms with Crippen LogP contribution in [-0.4, -0.2) is 245 Å². The van der Waals surface area contributed by atoms with E-state index in [2.05, 4.69) is 125 Å². The molecule has 2 saturated heterocycles. The number of allylic oxidation sites excluding steroid dienone is 3. The standard InChI is InChI=1S/2C39H52ClN3O6S.C36H47ClN2O6S/c2*1-3-32-21-27(2)6-12-36(48-20-17-42-15-18-47-19-16-42)33-10-7-30(33)24-43-25-39(14-4-5-28-22-31(40)9-11-34(28)39)26-49-37-13-8-29(23-35(37)43)38(44)41-50(32,45)46;1-4-29-18-24(2)7-13-33(44-17-16-43-3)30-11-8-27(30)21-39-22-36(15-5-6-25-19-28(37)10-12-31(25)36)23-45-34-14-9-26(20-32(34)39)35(40)38-46(29,41)42/h2*6,8-9,11-13,22-23,27,30,32-33,36H,3-5,7,10,14-21,24-26H2,1-2H3,(H,41,44);7,9-10,12-14,19-20,24,27,29-30,33H,4-6,8,11,15-18,21-23H2,1-3H3,(H,38,40)/b2*12-6+;13-7+/t27-,30+,32-,33-,36+,39+;27-,30-,32+,33+,36-,39-;24-,27+,29-,30-,33+,36+/m101/s1. The second-order valence-corrected chi connectivity index (χ2v) is 51.3. The van der Waals surface area contributed by atoms with Gasteiger partial charge in [-0.25, -0.2) is 39.4 Å². The second-order valence-electron chi connectivity index (χ2n) is 44.1. The number of methoxy groups -OCH3 is 1. The highest BCUT2D eigenvalue weighted by molar-refractivity contribution is 7.91. The molecule has 26 nitrogen and oxygen atoms in total. The van der Waals surface area contributed by atoms with Gasteiger partial charge < -0.3 is 57.3 Å². The van der Waals surface area contributed by atoms with Crippen LogP contribution < -0.4 is 43.1 Å². The van der Waals surface area contributed by atoms with Crippen LogP contribution >= 0.6 is 34.8 Å². The molecule has 8 heterocycles.